The Bertz CT molecular complexity index is 1770. The lowest BCUT2D eigenvalue weighted by molar-refractivity contribution is -0.336. The number of ether oxygens (including phenoxy) is 6. The first-order chi connectivity index (χ1) is 30.2. The Morgan fingerprint density at radius 1 is 0.985 bits per heavy atom. The molecule has 8 N–H and O–H groups in total. The van der Waals surface area contributed by atoms with Crippen molar-refractivity contribution in [3.8, 4) is 0 Å². The van der Waals surface area contributed by atoms with Crippen molar-refractivity contribution in [2.75, 3.05) is 38.5 Å². The van der Waals surface area contributed by atoms with Crippen LogP contribution in [0, 0.1) is 17.8 Å². The first-order valence-electron chi connectivity index (χ1n) is 23.2. The van der Waals surface area contributed by atoms with Crippen molar-refractivity contribution in [3.05, 3.63) is 24.5 Å². The van der Waals surface area contributed by atoms with E-state index < -0.39 is 118 Å². The van der Waals surface area contributed by atoms with E-state index in [2.05, 4.69) is 20.3 Å². The molecule has 0 radical (unpaired) electrons. The van der Waals surface area contributed by atoms with E-state index in [0.29, 0.717) is 6.54 Å². The lowest BCUT2D eigenvalue weighted by Gasteiger charge is -2.53. The topological polar surface area (TPSA) is 260 Å². The molecule has 376 valence electrons. The molecule has 0 amide bonds. The van der Waals surface area contributed by atoms with Crippen LogP contribution in [0.1, 0.15) is 108 Å². The average Bonchev–Trinajstić information content (AvgIpc) is 3.24. The molecule has 0 saturated carbocycles. The SMILES string of the molecule is CCCNC[C@]1(O)[C@H](C)O[C@@H](O[C@H]2[C@H](C)[C@@H](O[C@@H]3O[C@H](C)C[C@H](N(C)S(=O)(=O)Nc4ccncc4)[C@H]3O)[C@](C)(O)C[C@@H](C)CN[C@H](C)[C@@H](O)[C@](C)(O)[C@@H](CC)OC(=O)[C@@H]2C)C[C@@]1(C)OC. The summed E-state index contributed by atoms with van der Waals surface area (Å²) in [5.41, 5.74) is -6.07. The maximum atomic E-state index is 14.5. The van der Waals surface area contributed by atoms with Gasteiger partial charge in [0, 0.05) is 51.5 Å². The minimum absolute atomic E-state index is 0.0160. The number of nitrogens with zero attached hydrogens (tertiary/aromatic N) is 2. The highest BCUT2D eigenvalue weighted by Crippen LogP contribution is 2.43. The van der Waals surface area contributed by atoms with Gasteiger partial charge in [-0.15, -0.1) is 0 Å². The van der Waals surface area contributed by atoms with Crippen LogP contribution < -0.4 is 15.4 Å². The van der Waals surface area contributed by atoms with Gasteiger partial charge in [-0.25, -0.2) is 0 Å². The van der Waals surface area contributed by atoms with Gasteiger partial charge < -0.3 is 64.6 Å². The fourth-order valence-corrected chi connectivity index (χ4v) is 11.0. The van der Waals surface area contributed by atoms with E-state index in [1.54, 1.807) is 55.4 Å². The molecule has 1 aromatic heterocycles. The number of methoxy groups -OCH3 is 1. The van der Waals surface area contributed by atoms with Crippen LogP contribution in [0.2, 0.25) is 0 Å². The number of aliphatic hydroxyl groups is 5. The first-order valence-corrected chi connectivity index (χ1v) is 24.6. The molecule has 19 nitrogen and oxygen atoms in total. The van der Waals surface area contributed by atoms with E-state index in [0.717, 1.165) is 10.7 Å². The number of likely N-dealkylation sites (N-methyl/N-ethyl adjacent to an activating group) is 1. The summed E-state index contributed by atoms with van der Waals surface area (Å²) in [6.45, 7) is 20.0. The molecule has 0 unspecified atom stereocenters. The number of anilines is 1. The third kappa shape index (κ3) is 12.7. The zero-order chi connectivity index (χ0) is 48.9. The summed E-state index contributed by atoms with van der Waals surface area (Å²) >= 11 is 0. The zero-order valence-corrected chi connectivity index (χ0v) is 41.6. The lowest BCUT2D eigenvalue weighted by atomic mass is 9.75. The Morgan fingerprint density at radius 2 is 1.63 bits per heavy atom. The number of aliphatic hydroxyl groups excluding tert-OH is 2. The van der Waals surface area contributed by atoms with Gasteiger partial charge in [0.15, 0.2) is 12.6 Å². The Hall–Kier alpha value is -2.15. The highest BCUT2D eigenvalue weighted by Gasteiger charge is 2.58. The predicted octanol–water partition coefficient (Wildman–Crippen LogP) is 2.05. The van der Waals surface area contributed by atoms with Gasteiger partial charge >= 0.3 is 16.2 Å². The number of hydrogen-bond acceptors (Lipinski definition) is 17. The second kappa shape index (κ2) is 22.5. The highest BCUT2D eigenvalue weighted by atomic mass is 32.2. The molecule has 3 saturated heterocycles. The summed E-state index contributed by atoms with van der Waals surface area (Å²) in [6, 6.07) is 1.28. The number of esters is 1. The van der Waals surface area contributed by atoms with Gasteiger partial charge in [0.1, 0.15) is 35.1 Å². The number of cyclic esters (lactones) is 1. The van der Waals surface area contributed by atoms with Crippen molar-refractivity contribution in [3.63, 3.8) is 0 Å². The number of pyridine rings is 1. The van der Waals surface area contributed by atoms with Crippen LogP contribution in [0.25, 0.3) is 0 Å². The van der Waals surface area contributed by atoms with Crippen LogP contribution in [0.15, 0.2) is 24.5 Å². The largest absolute Gasteiger partial charge is 0.459 e. The van der Waals surface area contributed by atoms with Crippen molar-refractivity contribution in [1.29, 1.82) is 0 Å². The van der Waals surface area contributed by atoms with Crippen LogP contribution in [0.5, 0.6) is 0 Å². The normalized spacial score (nSPS) is 43.0. The molecule has 0 aliphatic carbocycles. The van der Waals surface area contributed by atoms with Crippen LogP contribution in [0.3, 0.4) is 0 Å². The third-order valence-corrected chi connectivity index (χ3v) is 15.6. The molecule has 65 heavy (non-hydrogen) atoms. The van der Waals surface area contributed by atoms with Gasteiger partial charge in [-0.3, -0.25) is 14.5 Å². The highest BCUT2D eigenvalue weighted by molar-refractivity contribution is 7.90. The molecule has 3 aliphatic heterocycles. The number of nitrogens with one attached hydrogen (secondary N) is 3. The van der Waals surface area contributed by atoms with E-state index in [-0.39, 0.29) is 50.4 Å². The smallest absolute Gasteiger partial charge is 0.311 e. The summed E-state index contributed by atoms with van der Waals surface area (Å²) in [7, 11) is -1.38. The maximum Gasteiger partial charge on any atom is 0.311 e. The number of rotatable bonds is 14. The molecule has 1 aromatic rings. The van der Waals surface area contributed by atoms with Gasteiger partial charge in [-0.2, -0.15) is 12.7 Å². The van der Waals surface area contributed by atoms with Crippen molar-refractivity contribution < 1.29 is 67.2 Å². The summed E-state index contributed by atoms with van der Waals surface area (Å²) in [6.07, 6.45) is -6.49. The molecule has 0 aromatic carbocycles. The molecule has 4 heterocycles. The molecular weight excluding hydrogens is 867 g/mol. The van der Waals surface area contributed by atoms with Crippen LogP contribution in [-0.4, -0.2) is 173 Å². The predicted molar refractivity (Wildman–Crippen MR) is 243 cm³/mol. The van der Waals surface area contributed by atoms with Gasteiger partial charge in [-0.1, -0.05) is 27.7 Å². The third-order valence-electron chi connectivity index (χ3n) is 14.1. The summed E-state index contributed by atoms with van der Waals surface area (Å²) < 4.78 is 69.2. The quantitative estimate of drug-likeness (QED) is 0.0981. The van der Waals surface area contributed by atoms with Crippen molar-refractivity contribution in [2.24, 2.45) is 17.8 Å². The molecule has 0 bridgehead atoms. The van der Waals surface area contributed by atoms with Crippen LogP contribution >= 0.6 is 0 Å². The van der Waals surface area contributed by atoms with E-state index >= 15 is 0 Å². The van der Waals surface area contributed by atoms with E-state index in [1.165, 1.54) is 45.6 Å². The number of hydrogen-bond donors (Lipinski definition) is 8. The van der Waals surface area contributed by atoms with Gasteiger partial charge in [0.25, 0.3) is 0 Å². The van der Waals surface area contributed by atoms with Gasteiger partial charge in [0.2, 0.25) is 0 Å². The molecule has 18 atom stereocenters. The monoisotopic (exact) mass is 948 g/mol. The van der Waals surface area contributed by atoms with Crippen molar-refractivity contribution in [1.82, 2.24) is 19.9 Å². The van der Waals surface area contributed by atoms with Crippen molar-refractivity contribution in [2.45, 2.75) is 198 Å². The summed E-state index contributed by atoms with van der Waals surface area (Å²) in [5, 5.41) is 66.6. The standard InChI is InChI=1S/C45H81N5O14S/c1-14-18-47-25-45(56)31(8)61-35(23-43(45,10)59-13)63-37-28(5)39(64-41-36(51)33(21-27(4)60-41)50(12)65(57,58)49-32-16-19-46-20-17-32)42(9,54)22-26(3)24-48-30(7)38(52)44(11,55)34(15-2)62-40(53)29(37)6/h16-17,19-20,26-31,33-39,41,47-48,51-52,54-56H,14-15,18,21-25H2,1-13H3,(H,46,49)/t26-,27-,28+,29-,30-,31+,33+,34-,35+,36-,37+,38-,39-,41+,42-,43-,44-,45+/m1/s1. The summed E-state index contributed by atoms with van der Waals surface area (Å²) in [4.78, 5) is 18.4. The van der Waals surface area contributed by atoms with E-state index in [4.69, 9.17) is 28.4 Å². The number of carbonyl (C=O) groups is 1. The molecule has 3 fully saturated rings. The van der Waals surface area contributed by atoms with E-state index in [1.807, 2.05) is 13.8 Å². The van der Waals surface area contributed by atoms with Crippen LogP contribution in [0.4, 0.5) is 5.69 Å². The molecule has 4 rings (SSSR count). The zero-order valence-electron chi connectivity index (χ0n) is 40.8. The molecule has 3 aliphatic rings. The first kappa shape index (κ1) is 55.4. The van der Waals surface area contributed by atoms with Gasteiger partial charge in [0.05, 0.1) is 47.7 Å². The minimum Gasteiger partial charge on any atom is -0.459 e. The second-order valence-corrected chi connectivity index (χ2v) is 21.3. The average molecular weight is 948 g/mol. The molecule has 0 spiro atoms. The molecular formula is C45H81N5O14S. The fourth-order valence-electron chi connectivity index (χ4n) is 9.87. The minimum atomic E-state index is -4.22. The number of carbonyl (C=O) groups excluding carboxylic acids is 1. The Kier molecular flexibility index (Phi) is 19.2. The van der Waals surface area contributed by atoms with Gasteiger partial charge in [-0.05, 0) is 105 Å². The summed E-state index contributed by atoms with van der Waals surface area (Å²) in [5.74, 6) is -3.15. The van der Waals surface area contributed by atoms with Crippen LogP contribution in [-0.2, 0) is 43.4 Å². The fraction of sp³-hybridized carbons (Fsp3) is 0.867. The van der Waals surface area contributed by atoms with E-state index in [9.17, 15) is 38.7 Å². The Morgan fingerprint density at radius 3 is 2.23 bits per heavy atom. The Balaban J connectivity index is 1.80. The van der Waals surface area contributed by atoms with Crippen molar-refractivity contribution >= 4 is 21.9 Å². The lowest BCUT2D eigenvalue weighted by Crippen LogP contribution is -2.70. The Labute approximate surface area is 386 Å². The number of aromatic nitrogens is 1. The second-order valence-electron chi connectivity index (χ2n) is 19.6. The maximum absolute atomic E-state index is 14.5. The molecule has 20 heteroatoms.